The average Bonchev–Trinajstić information content (AvgIpc) is 3.20. The summed E-state index contributed by atoms with van der Waals surface area (Å²) in [5.41, 5.74) is 3.20. The second kappa shape index (κ2) is 7.83. The predicted molar refractivity (Wildman–Crippen MR) is 111 cm³/mol. The van der Waals surface area contributed by atoms with Crippen molar-refractivity contribution in [1.29, 1.82) is 0 Å². The summed E-state index contributed by atoms with van der Waals surface area (Å²) in [5.74, 6) is 0.0282. The number of hydrogen-bond donors (Lipinski definition) is 0. The van der Waals surface area contributed by atoms with E-state index in [-0.39, 0.29) is 5.91 Å². The standard InChI is InChI=1S/C20H24N4OS/c1-5-21-20-23(6-2)19(25)18(26-20)14-17-8-7-13-24(17)16-11-9-15(10-12-16)22(3)4/h7-14H,5-6H2,1-4H3. The van der Waals surface area contributed by atoms with E-state index in [1.54, 1.807) is 4.90 Å². The topological polar surface area (TPSA) is 40.8 Å². The van der Waals surface area contributed by atoms with Gasteiger partial charge in [-0.05, 0) is 68.1 Å². The van der Waals surface area contributed by atoms with E-state index in [9.17, 15) is 4.79 Å². The number of carbonyl (C=O) groups excluding carboxylic acids is 1. The summed E-state index contributed by atoms with van der Waals surface area (Å²) in [4.78, 5) is 21.6. The van der Waals surface area contributed by atoms with Crippen LogP contribution in [-0.4, -0.2) is 47.7 Å². The van der Waals surface area contributed by atoms with E-state index >= 15 is 0 Å². The molecule has 1 amide bonds. The van der Waals surface area contributed by atoms with Crippen LogP contribution in [0.25, 0.3) is 11.8 Å². The van der Waals surface area contributed by atoms with Crippen molar-refractivity contribution in [3.8, 4) is 5.69 Å². The highest BCUT2D eigenvalue weighted by Gasteiger charge is 2.32. The Morgan fingerprint density at radius 2 is 1.88 bits per heavy atom. The molecule has 1 aromatic carbocycles. The lowest BCUT2D eigenvalue weighted by Crippen LogP contribution is -2.28. The molecule has 1 saturated heterocycles. The summed E-state index contributed by atoms with van der Waals surface area (Å²) < 4.78 is 2.09. The van der Waals surface area contributed by atoms with Gasteiger partial charge in [0.2, 0.25) is 0 Å². The fraction of sp³-hybridized carbons (Fsp3) is 0.300. The number of aromatic nitrogens is 1. The summed E-state index contributed by atoms with van der Waals surface area (Å²) in [7, 11) is 4.05. The van der Waals surface area contributed by atoms with Gasteiger partial charge in [0.1, 0.15) is 0 Å². The van der Waals surface area contributed by atoms with Gasteiger partial charge < -0.3 is 9.47 Å². The molecule has 6 heteroatoms. The van der Waals surface area contributed by atoms with Gasteiger partial charge >= 0.3 is 0 Å². The van der Waals surface area contributed by atoms with Crippen molar-refractivity contribution in [3.63, 3.8) is 0 Å². The summed E-state index contributed by atoms with van der Waals surface area (Å²) in [5, 5.41) is 0.791. The molecule has 0 saturated carbocycles. The molecule has 0 bridgehead atoms. The maximum atomic E-state index is 12.7. The number of rotatable bonds is 5. The monoisotopic (exact) mass is 368 g/mol. The van der Waals surface area contributed by atoms with Crippen LogP contribution in [-0.2, 0) is 4.79 Å². The van der Waals surface area contributed by atoms with Crippen molar-refractivity contribution in [2.45, 2.75) is 13.8 Å². The maximum absolute atomic E-state index is 12.7. The van der Waals surface area contributed by atoms with Crippen molar-refractivity contribution in [1.82, 2.24) is 9.47 Å². The third kappa shape index (κ3) is 3.55. The van der Waals surface area contributed by atoms with Crippen LogP contribution in [0.3, 0.4) is 0 Å². The van der Waals surface area contributed by atoms with Gasteiger partial charge in [-0.15, -0.1) is 0 Å². The van der Waals surface area contributed by atoms with E-state index in [4.69, 9.17) is 0 Å². The van der Waals surface area contributed by atoms with Crippen LogP contribution in [0.1, 0.15) is 19.5 Å². The summed E-state index contributed by atoms with van der Waals surface area (Å²) in [6.45, 7) is 5.26. The maximum Gasteiger partial charge on any atom is 0.266 e. The Balaban J connectivity index is 1.93. The zero-order chi connectivity index (χ0) is 18.7. The smallest absolute Gasteiger partial charge is 0.266 e. The fourth-order valence-corrected chi connectivity index (χ4v) is 3.92. The molecule has 2 heterocycles. The molecule has 0 atom stereocenters. The number of amides is 1. The molecule has 1 aliphatic heterocycles. The van der Waals surface area contributed by atoms with Crippen LogP contribution in [0.2, 0.25) is 0 Å². The molecule has 26 heavy (non-hydrogen) atoms. The van der Waals surface area contributed by atoms with Crippen molar-refractivity contribution in [2.75, 3.05) is 32.1 Å². The lowest BCUT2D eigenvalue weighted by atomic mass is 10.2. The number of nitrogens with zero attached hydrogens (tertiary/aromatic N) is 4. The molecule has 1 aliphatic rings. The molecule has 136 valence electrons. The van der Waals surface area contributed by atoms with E-state index in [2.05, 4.69) is 38.7 Å². The van der Waals surface area contributed by atoms with Gasteiger partial charge in [0.05, 0.1) is 4.91 Å². The second-order valence-electron chi connectivity index (χ2n) is 6.13. The highest BCUT2D eigenvalue weighted by Crippen LogP contribution is 2.32. The molecule has 3 rings (SSSR count). The molecule has 1 fully saturated rings. The van der Waals surface area contributed by atoms with Crippen LogP contribution in [0, 0.1) is 0 Å². The number of aliphatic imine (C=N–C) groups is 1. The normalized spacial score (nSPS) is 17.5. The third-order valence-corrected chi connectivity index (χ3v) is 5.25. The number of likely N-dealkylation sites (N-methyl/N-ethyl adjacent to an activating group) is 1. The molecule has 0 radical (unpaired) electrons. The second-order valence-corrected chi connectivity index (χ2v) is 7.14. The molecular weight excluding hydrogens is 344 g/mol. The first-order chi connectivity index (χ1) is 12.5. The molecule has 0 N–H and O–H groups in total. The van der Waals surface area contributed by atoms with Crippen LogP contribution >= 0.6 is 11.8 Å². The predicted octanol–water partition coefficient (Wildman–Crippen LogP) is 3.86. The molecule has 0 aliphatic carbocycles. The molecule has 1 aromatic heterocycles. The van der Waals surface area contributed by atoms with Gasteiger partial charge in [-0.2, -0.15) is 0 Å². The number of amidine groups is 1. The van der Waals surface area contributed by atoms with E-state index < -0.39 is 0 Å². The minimum Gasteiger partial charge on any atom is -0.378 e. The number of thioether (sulfide) groups is 1. The molecular formula is C20H24N4OS. The van der Waals surface area contributed by atoms with E-state index in [1.165, 1.54) is 11.8 Å². The summed E-state index contributed by atoms with van der Waals surface area (Å²) in [6.07, 6.45) is 3.97. The van der Waals surface area contributed by atoms with E-state index in [0.717, 1.165) is 22.2 Å². The van der Waals surface area contributed by atoms with Crippen molar-refractivity contribution in [3.05, 3.63) is 53.2 Å². The van der Waals surface area contributed by atoms with E-state index in [1.807, 2.05) is 52.3 Å². The minimum atomic E-state index is 0.0282. The van der Waals surface area contributed by atoms with Gasteiger partial charge in [0, 0.05) is 50.5 Å². The van der Waals surface area contributed by atoms with Crippen LogP contribution in [0.5, 0.6) is 0 Å². The molecule has 2 aromatic rings. The number of benzene rings is 1. The van der Waals surface area contributed by atoms with Gasteiger partial charge in [0.15, 0.2) is 5.17 Å². The summed E-state index contributed by atoms with van der Waals surface area (Å²) in [6, 6.07) is 12.4. The van der Waals surface area contributed by atoms with Crippen LogP contribution < -0.4 is 4.90 Å². The molecule has 5 nitrogen and oxygen atoms in total. The minimum absolute atomic E-state index is 0.0282. The number of carbonyl (C=O) groups is 1. The number of hydrogen-bond acceptors (Lipinski definition) is 4. The Kier molecular flexibility index (Phi) is 5.52. The SMILES string of the molecule is CCN=C1SC(=Cc2cccn2-c2ccc(N(C)C)cc2)C(=O)N1CC. The highest BCUT2D eigenvalue weighted by atomic mass is 32.2. The Labute approximate surface area is 159 Å². The van der Waals surface area contributed by atoms with Crippen molar-refractivity contribution in [2.24, 2.45) is 4.99 Å². The lowest BCUT2D eigenvalue weighted by molar-refractivity contribution is -0.122. The Bertz CT molecular complexity index is 849. The highest BCUT2D eigenvalue weighted by molar-refractivity contribution is 8.18. The average molecular weight is 369 g/mol. The largest absolute Gasteiger partial charge is 0.378 e. The molecule has 0 spiro atoms. The first kappa shape index (κ1) is 18.3. The first-order valence-electron chi connectivity index (χ1n) is 8.76. The van der Waals surface area contributed by atoms with E-state index in [0.29, 0.717) is 18.0 Å². The number of anilines is 1. The Hall–Kier alpha value is -2.47. The summed E-state index contributed by atoms with van der Waals surface area (Å²) >= 11 is 1.45. The first-order valence-corrected chi connectivity index (χ1v) is 9.57. The van der Waals surface area contributed by atoms with Crippen LogP contribution in [0.4, 0.5) is 5.69 Å². The van der Waals surface area contributed by atoms with Gasteiger partial charge in [0.25, 0.3) is 5.91 Å². The zero-order valence-corrected chi connectivity index (χ0v) is 16.5. The van der Waals surface area contributed by atoms with Crippen molar-refractivity contribution < 1.29 is 4.79 Å². The zero-order valence-electron chi connectivity index (χ0n) is 15.6. The Morgan fingerprint density at radius 3 is 2.50 bits per heavy atom. The Morgan fingerprint density at radius 1 is 1.15 bits per heavy atom. The van der Waals surface area contributed by atoms with Gasteiger partial charge in [-0.1, -0.05) is 0 Å². The van der Waals surface area contributed by atoms with Gasteiger partial charge in [-0.3, -0.25) is 14.7 Å². The van der Waals surface area contributed by atoms with Crippen molar-refractivity contribution >= 4 is 34.6 Å². The van der Waals surface area contributed by atoms with Gasteiger partial charge in [-0.25, -0.2) is 0 Å². The third-order valence-electron chi connectivity index (χ3n) is 4.20. The fourth-order valence-electron chi connectivity index (χ4n) is 2.83. The molecule has 0 unspecified atom stereocenters. The van der Waals surface area contributed by atoms with Crippen LogP contribution in [0.15, 0.2) is 52.5 Å². The quantitative estimate of drug-likeness (QED) is 0.753. The lowest BCUT2D eigenvalue weighted by Gasteiger charge is -2.14.